The molecule has 0 spiro atoms. The van der Waals surface area contributed by atoms with Crippen molar-refractivity contribution in [1.29, 1.82) is 0 Å². The highest BCUT2D eigenvalue weighted by atomic mass is 16.7. The number of benzene rings is 1. The van der Waals surface area contributed by atoms with Crippen molar-refractivity contribution in [2.24, 2.45) is 5.92 Å². The van der Waals surface area contributed by atoms with Crippen molar-refractivity contribution in [3.05, 3.63) is 29.8 Å². The first-order valence-corrected chi connectivity index (χ1v) is 5.48. The maximum Gasteiger partial charge on any atom is 0.205 e. The van der Waals surface area contributed by atoms with E-state index in [1.165, 1.54) is 0 Å². The summed E-state index contributed by atoms with van der Waals surface area (Å²) >= 11 is 0. The number of rotatable bonds is 0. The Morgan fingerprint density at radius 3 is 2.88 bits per heavy atom. The van der Waals surface area contributed by atoms with Crippen molar-refractivity contribution in [3.63, 3.8) is 0 Å². The third-order valence-corrected chi connectivity index (χ3v) is 3.29. The monoisotopic (exact) mass is 222 g/mol. The highest BCUT2D eigenvalue weighted by molar-refractivity contribution is 5.35. The third-order valence-electron chi connectivity index (χ3n) is 3.29. The van der Waals surface area contributed by atoms with Crippen LogP contribution in [0, 0.1) is 5.92 Å². The number of fused-ring (bicyclic) bond motifs is 2. The summed E-state index contributed by atoms with van der Waals surface area (Å²) < 4.78 is 11.1. The van der Waals surface area contributed by atoms with E-state index in [0.717, 1.165) is 11.3 Å². The van der Waals surface area contributed by atoms with Gasteiger partial charge in [0.1, 0.15) is 11.9 Å². The molecule has 0 aromatic heterocycles. The van der Waals surface area contributed by atoms with Gasteiger partial charge in [-0.1, -0.05) is 18.2 Å². The van der Waals surface area contributed by atoms with E-state index in [1.54, 1.807) is 0 Å². The standard InChI is InChI=1S/C12H14O4/c13-9-6-15-12-8(11(9)14)5-7-3-1-2-4-10(7)16-12/h1-4,8-9,11-14H,5-6H2. The average molecular weight is 222 g/mol. The Labute approximate surface area is 93.4 Å². The predicted octanol–water partition coefficient (Wildman–Crippen LogP) is 0.316. The van der Waals surface area contributed by atoms with Gasteiger partial charge >= 0.3 is 0 Å². The van der Waals surface area contributed by atoms with E-state index in [-0.39, 0.29) is 12.5 Å². The Morgan fingerprint density at radius 2 is 2.00 bits per heavy atom. The first kappa shape index (κ1) is 10.1. The summed E-state index contributed by atoms with van der Waals surface area (Å²) in [4.78, 5) is 0. The topological polar surface area (TPSA) is 58.9 Å². The zero-order chi connectivity index (χ0) is 11.1. The fourth-order valence-corrected chi connectivity index (χ4v) is 2.37. The van der Waals surface area contributed by atoms with Crippen LogP contribution in [0.15, 0.2) is 24.3 Å². The van der Waals surface area contributed by atoms with Crippen LogP contribution in [0.1, 0.15) is 5.56 Å². The summed E-state index contributed by atoms with van der Waals surface area (Å²) in [6.07, 6.45) is -1.34. The molecule has 4 unspecified atom stereocenters. The molecule has 0 aliphatic carbocycles. The van der Waals surface area contributed by atoms with Gasteiger partial charge in [-0.25, -0.2) is 0 Å². The second-order valence-electron chi connectivity index (χ2n) is 4.35. The maximum atomic E-state index is 9.89. The smallest absolute Gasteiger partial charge is 0.205 e. The summed E-state index contributed by atoms with van der Waals surface area (Å²) in [5.74, 6) is 0.631. The number of ether oxygens (including phenoxy) is 2. The number of hydrogen-bond donors (Lipinski definition) is 2. The van der Waals surface area contributed by atoms with Gasteiger partial charge in [0.05, 0.1) is 18.6 Å². The molecule has 4 atom stereocenters. The molecule has 4 nitrogen and oxygen atoms in total. The summed E-state index contributed by atoms with van der Waals surface area (Å²) in [7, 11) is 0. The van der Waals surface area contributed by atoms with E-state index >= 15 is 0 Å². The average Bonchev–Trinajstić information content (AvgIpc) is 2.32. The largest absolute Gasteiger partial charge is 0.464 e. The first-order valence-electron chi connectivity index (χ1n) is 5.48. The van der Waals surface area contributed by atoms with Crippen molar-refractivity contribution in [2.45, 2.75) is 24.9 Å². The summed E-state index contributed by atoms with van der Waals surface area (Å²) in [6.45, 7) is 0.129. The lowest BCUT2D eigenvalue weighted by molar-refractivity contribution is -0.224. The van der Waals surface area contributed by atoms with Gasteiger partial charge in [-0.15, -0.1) is 0 Å². The van der Waals surface area contributed by atoms with Gasteiger partial charge in [-0.05, 0) is 18.1 Å². The molecular formula is C12H14O4. The van der Waals surface area contributed by atoms with Crippen LogP contribution in [0.4, 0.5) is 0 Å². The molecule has 0 amide bonds. The van der Waals surface area contributed by atoms with Gasteiger partial charge in [0, 0.05) is 0 Å². The predicted molar refractivity (Wildman–Crippen MR) is 56.0 cm³/mol. The van der Waals surface area contributed by atoms with Gasteiger partial charge in [0.25, 0.3) is 0 Å². The Bertz CT molecular complexity index is 392. The molecule has 1 aromatic carbocycles. The highest BCUT2D eigenvalue weighted by Crippen LogP contribution is 2.35. The van der Waals surface area contributed by atoms with Gasteiger partial charge in [-0.2, -0.15) is 0 Å². The van der Waals surface area contributed by atoms with Gasteiger partial charge in [-0.3, -0.25) is 0 Å². The minimum Gasteiger partial charge on any atom is -0.464 e. The normalized spacial score (nSPS) is 37.1. The van der Waals surface area contributed by atoms with Gasteiger partial charge < -0.3 is 19.7 Å². The molecule has 0 bridgehead atoms. The number of para-hydroxylation sites is 1. The molecule has 4 heteroatoms. The minimum atomic E-state index is -0.810. The quantitative estimate of drug-likeness (QED) is 0.663. The molecule has 1 fully saturated rings. The Balaban J connectivity index is 1.90. The molecule has 16 heavy (non-hydrogen) atoms. The number of hydrogen-bond acceptors (Lipinski definition) is 4. The Morgan fingerprint density at radius 1 is 1.19 bits per heavy atom. The molecular weight excluding hydrogens is 208 g/mol. The van der Waals surface area contributed by atoms with Crippen LogP contribution in [0.2, 0.25) is 0 Å². The van der Waals surface area contributed by atoms with Crippen molar-refractivity contribution >= 4 is 0 Å². The summed E-state index contributed by atoms with van der Waals surface area (Å²) in [5.41, 5.74) is 1.06. The second-order valence-corrected chi connectivity index (χ2v) is 4.35. The third kappa shape index (κ3) is 1.50. The van der Waals surface area contributed by atoms with E-state index in [4.69, 9.17) is 9.47 Å². The van der Waals surface area contributed by atoms with Crippen LogP contribution in [-0.4, -0.2) is 35.3 Å². The maximum absolute atomic E-state index is 9.89. The lowest BCUT2D eigenvalue weighted by Crippen LogP contribution is -2.53. The fourth-order valence-electron chi connectivity index (χ4n) is 2.37. The molecule has 2 aliphatic heterocycles. The molecule has 2 aliphatic rings. The van der Waals surface area contributed by atoms with Crippen molar-refractivity contribution in [3.8, 4) is 5.75 Å². The van der Waals surface area contributed by atoms with E-state index in [9.17, 15) is 10.2 Å². The molecule has 86 valence electrons. The SMILES string of the molecule is OC1COC2Oc3ccccc3CC2C1O. The molecule has 0 saturated carbocycles. The van der Waals surface area contributed by atoms with Crippen LogP contribution in [0.3, 0.4) is 0 Å². The summed E-state index contributed by atoms with van der Waals surface area (Å²) in [6, 6.07) is 7.72. The molecule has 3 rings (SSSR count). The van der Waals surface area contributed by atoms with Crippen molar-refractivity contribution in [2.75, 3.05) is 6.61 Å². The number of aliphatic hydroxyl groups excluding tert-OH is 2. The van der Waals surface area contributed by atoms with Crippen molar-refractivity contribution < 1.29 is 19.7 Å². The molecule has 1 aromatic rings. The Hall–Kier alpha value is -1.10. The summed E-state index contributed by atoms with van der Waals surface area (Å²) in [5, 5.41) is 19.4. The van der Waals surface area contributed by atoms with E-state index in [1.807, 2.05) is 24.3 Å². The fraction of sp³-hybridized carbons (Fsp3) is 0.500. The van der Waals surface area contributed by atoms with E-state index in [0.29, 0.717) is 6.42 Å². The lowest BCUT2D eigenvalue weighted by atomic mass is 9.86. The van der Waals surface area contributed by atoms with Crippen molar-refractivity contribution in [1.82, 2.24) is 0 Å². The van der Waals surface area contributed by atoms with Crippen LogP contribution in [0.25, 0.3) is 0 Å². The minimum absolute atomic E-state index is 0.129. The number of aliphatic hydroxyl groups is 2. The van der Waals surface area contributed by atoms with Crippen LogP contribution in [0.5, 0.6) is 5.75 Å². The molecule has 2 heterocycles. The van der Waals surface area contributed by atoms with Crippen LogP contribution in [-0.2, 0) is 11.2 Å². The van der Waals surface area contributed by atoms with Crippen LogP contribution >= 0.6 is 0 Å². The zero-order valence-corrected chi connectivity index (χ0v) is 8.74. The highest BCUT2D eigenvalue weighted by Gasteiger charge is 2.42. The van der Waals surface area contributed by atoms with Gasteiger partial charge in [0.15, 0.2) is 0 Å². The lowest BCUT2D eigenvalue weighted by Gasteiger charge is -2.41. The molecule has 2 N–H and O–H groups in total. The zero-order valence-electron chi connectivity index (χ0n) is 8.74. The Kier molecular flexibility index (Phi) is 2.35. The molecule has 1 saturated heterocycles. The second kappa shape index (κ2) is 3.73. The van der Waals surface area contributed by atoms with Crippen LogP contribution < -0.4 is 4.74 Å². The van der Waals surface area contributed by atoms with Gasteiger partial charge in [0.2, 0.25) is 6.29 Å². The molecule has 0 radical (unpaired) electrons. The first-order chi connectivity index (χ1) is 7.75. The van der Waals surface area contributed by atoms with E-state index in [2.05, 4.69) is 0 Å². The van der Waals surface area contributed by atoms with E-state index < -0.39 is 18.5 Å².